The third-order valence-electron chi connectivity index (χ3n) is 3.89. The molecular weight excluding hydrogens is 329 g/mol. The summed E-state index contributed by atoms with van der Waals surface area (Å²) in [6.07, 6.45) is 0. The lowest BCUT2D eigenvalue weighted by Crippen LogP contribution is -2.25. The van der Waals surface area contributed by atoms with Crippen LogP contribution in [0.4, 0.5) is 4.39 Å². The molecule has 0 bridgehead atoms. The van der Waals surface area contributed by atoms with Crippen LogP contribution in [0.1, 0.15) is 18.3 Å². The smallest absolute Gasteiger partial charge is 0.258 e. The second-order valence-corrected chi connectivity index (χ2v) is 5.98. The third-order valence-corrected chi connectivity index (χ3v) is 4.24. The van der Waals surface area contributed by atoms with Crippen molar-refractivity contribution >= 4 is 22.5 Å². The van der Waals surface area contributed by atoms with E-state index in [0.717, 1.165) is 12.1 Å². The number of hydrogen-bond acceptors (Lipinski definition) is 3. The molecule has 124 valence electrons. The molecule has 0 saturated carbocycles. The summed E-state index contributed by atoms with van der Waals surface area (Å²) < 4.78 is 13.2. The molecule has 0 aliphatic heterocycles. The zero-order chi connectivity index (χ0) is 17.1. The predicted octanol–water partition coefficient (Wildman–Crippen LogP) is 3.74. The van der Waals surface area contributed by atoms with Crippen LogP contribution in [-0.4, -0.2) is 21.4 Å². The van der Waals surface area contributed by atoms with Crippen molar-refractivity contribution in [1.29, 1.82) is 0 Å². The Bertz CT molecular complexity index is 926. The minimum absolute atomic E-state index is 0.147. The number of fused-ring (bicyclic) bond motifs is 1. The molecule has 2 aromatic carbocycles. The minimum Gasteiger partial charge on any atom is -0.309 e. The van der Waals surface area contributed by atoms with E-state index in [1.54, 1.807) is 12.1 Å². The lowest BCUT2D eigenvalue weighted by Gasteiger charge is -2.20. The van der Waals surface area contributed by atoms with Crippen molar-refractivity contribution in [1.82, 2.24) is 14.9 Å². The van der Waals surface area contributed by atoms with E-state index in [9.17, 15) is 9.18 Å². The molecule has 24 heavy (non-hydrogen) atoms. The van der Waals surface area contributed by atoms with Gasteiger partial charge in [0, 0.05) is 11.6 Å². The fourth-order valence-electron chi connectivity index (χ4n) is 2.59. The standard InChI is InChI=1S/C18H17ClFN3O/c1-2-23(10-12-7-8-13(20)9-15(12)19)11-17-21-16-6-4-3-5-14(16)18(24)22-17/h3-9H,2,10-11H2,1H3,(H,21,22,24). The van der Waals surface area contributed by atoms with E-state index in [4.69, 9.17) is 11.6 Å². The zero-order valence-corrected chi connectivity index (χ0v) is 14.0. The van der Waals surface area contributed by atoms with Crippen molar-refractivity contribution in [2.75, 3.05) is 6.54 Å². The van der Waals surface area contributed by atoms with Gasteiger partial charge in [-0.2, -0.15) is 0 Å². The molecule has 3 aromatic rings. The van der Waals surface area contributed by atoms with Gasteiger partial charge >= 0.3 is 0 Å². The number of rotatable bonds is 5. The number of benzene rings is 2. The first-order valence-corrected chi connectivity index (χ1v) is 8.09. The maximum Gasteiger partial charge on any atom is 0.258 e. The van der Waals surface area contributed by atoms with E-state index in [1.165, 1.54) is 12.1 Å². The number of para-hydroxylation sites is 1. The van der Waals surface area contributed by atoms with E-state index in [2.05, 4.69) is 14.9 Å². The van der Waals surface area contributed by atoms with Crippen LogP contribution in [-0.2, 0) is 13.1 Å². The van der Waals surface area contributed by atoms with Crippen LogP contribution in [0.2, 0.25) is 5.02 Å². The number of nitrogens with zero attached hydrogens (tertiary/aromatic N) is 2. The largest absolute Gasteiger partial charge is 0.309 e. The molecule has 3 rings (SSSR count). The summed E-state index contributed by atoms with van der Waals surface area (Å²) in [6.45, 7) is 3.78. The Morgan fingerprint density at radius 3 is 2.75 bits per heavy atom. The van der Waals surface area contributed by atoms with Gasteiger partial charge in [0.05, 0.1) is 17.4 Å². The van der Waals surface area contributed by atoms with Crippen LogP contribution in [0.25, 0.3) is 10.9 Å². The number of halogens is 2. The summed E-state index contributed by atoms with van der Waals surface area (Å²) in [5, 5.41) is 0.972. The van der Waals surface area contributed by atoms with Gasteiger partial charge in [-0.15, -0.1) is 0 Å². The van der Waals surface area contributed by atoms with E-state index >= 15 is 0 Å². The van der Waals surface area contributed by atoms with Crippen LogP contribution in [0.5, 0.6) is 0 Å². The highest BCUT2D eigenvalue weighted by Crippen LogP contribution is 2.19. The highest BCUT2D eigenvalue weighted by Gasteiger charge is 2.11. The van der Waals surface area contributed by atoms with Gasteiger partial charge in [-0.25, -0.2) is 9.37 Å². The van der Waals surface area contributed by atoms with E-state index in [0.29, 0.717) is 34.8 Å². The van der Waals surface area contributed by atoms with Gasteiger partial charge < -0.3 is 4.98 Å². The van der Waals surface area contributed by atoms with Gasteiger partial charge in [0.2, 0.25) is 0 Å². The summed E-state index contributed by atoms with van der Waals surface area (Å²) in [6, 6.07) is 11.6. The Hall–Kier alpha value is -2.24. The van der Waals surface area contributed by atoms with E-state index in [1.807, 2.05) is 25.1 Å². The third kappa shape index (κ3) is 3.63. The number of hydrogen-bond donors (Lipinski definition) is 1. The summed E-state index contributed by atoms with van der Waals surface area (Å²) in [5.74, 6) is 0.242. The van der Waals surface area contributed by atoms with Crippen molar-refractivity contribution in [3.63, 3.8) is 0 Å². The first-order valence-electron chi connectivity index (χ1n) is 7.71. The topological polar surface area (TPSA) is 49.0 Å². The Morgan fingerprint density at radius 1 is 1.21 bits per heavy atom. The Kier molecular flexibility index (Phi) is 4.92. The Labute approximate surface area is 143 Å². The normalized spacial score (nSPS) is 11.3. The molecule has 0 fully saturated rings. The lowest BCUT2D eigenvalue weighted by molar-refractivity contribution is 0.264. The van der Waals surface area contributed by atoms with Crippen LogP contribution in [0, 0.1) is 5.82 Å². The van der Waals surface area contributed by atoms with Gasteiger partial charge in [-0.05, 0) is 36.4 Å². The molecule has 0 aliphatic rings. The maximum atomic E-state index is 13.2. The van der Waals surface area contributed by atoms with Crippen molar-refractivity contribution in [2.24, 2.45) is 0 Å². The number of H-pyrrole nitrogens is 1. The summed E-state index contributed by atoms with van der Waals surface area (Å²) >= 11 is 6.10. The fraction of sp³-hybridized carbons (Fsp3) is 0.222. The van der Waals surface area contributed by atoms with Gasteiger partial charge in [0.15, 0.2) is 0 Å². The molecule has 0 saturated heterocycles. The van der Waals surface area contributed by atoms with Crippen molar-refractivity contribution in [3.05, 3.63) is 75.0 Å². The highest BCUT2D eigenvalue weighted by atomic mass is 35.5. The van der Waals surface area contributed by atoms with Crippen LogP contribution in [0.15, 0.2) is 47.3 Å². The van der Waals surface area contributed by atoms with Crippen molar-refractivity contribution in [3.8, 4) is 0 Å². The molecule has 1 aromatic heterocycles. The average Bonchev–Trinajstić information content (AvgIpc) is 2.56. The molecular formula is C18H17ClFN3O. The molecule has 4 nitrogen and oxygen atoms in total. The summed E-state index contributed by atoms with van der Waals surface area (Å²) in [4.78, 5) is 21.6. The predicted molar refractivity (Wildman–Crippen MR) is 93.6 cm³/mol. The maximum absolute atomic E-state index is 13.2. The minimum atomic E-state index is -0.354. The number of aromatic amines is 1. The lowest BCUT2D eigenvalue weighted by atomic mass is 10.2. The SMILES string of the molecule is CCN(Cc1nc2ccccc2c(=O)[nH]1)Cc1ccc(F)cc1Cl. The second-order valence-electron chi connectivity index (χ2n) is 5.57. The summed E-state index contributed by atoms with van der Waals surface area (Å²) in [5.41, 5.74) is 1.36. The Morgan fingerprint density at radius 2 is 2.00 bits per heavy atom. The second kappa shape index (κ2) is 7.11. The highest BCUT2D eigenvalue weighted by molar-refractivity contribution is 6.31. The van der Waals surface area contributed by atoms with E-state index in [-0.39, 0.29) is 11.4 Å². The van der Waals surface area contributed by atoms with Gasteiger partial charge in [0.25, 0.3) is 5.56 Å². The molecule has 0 amide bonds. The monoisotopic (exact) mass is 345 g/mol. The van der Waals surface area contributed by atoms with Gasteiger partial charge in [0.1, 0.15) is 11.6 Å². The van der Waals surface area contributed by atoms with Crippen LogP contribution < -0.4 is 5.56 Å². The molecule has 0 spiro atoms. The number of aromatic nitrogens is 2. The van der Waals surface area contributed by atoms with Gasteiger partial charge in [-0.3, -0.25) is 9.69 Å². The molecule has 1 heterocycles. The van der Waals surface area contributed by atoms with Crippen LogP contribution >= 0.6 is 11.6 Å². The summed E-state index contributed by atoms with van der Waals surface area (Å²) in [7, 11) is 0. The average molecular weight is 346 g/mol. The first-order chi connectivity index (χ1) is 11.6. The molecule has 1 N–H and O–H groups in total. The number of nitrogens with one attached hydrogen (secondary N) is 1. The molecule has 0 unspecified atom stereocenters. The molecule has 0 atom stereocenters. The molecule has 0 radical (unpaired) electrons. The molecule has 6 heteroatoms. The van der Waals surface area contributed by atoms with Crippen molar-refractivity contribution in [2.45, 2.75) is 20.0 Å². The van der Waals surface area contributed by atoms with Crippen molar-refractivity contribution < 1.29 is 4.39 Å². The quantitative estimate of drug-likeness (QED) is 0.766. The van der Waals surface area contributed by atoms with E-state index < -0.39 is 0 Å². The van der Waals surface area contributed by atoms with Crippen LogP contribution in [0.3, 0.4) is 0 Å². The Balaban J connectivity index is 1.84. The first kappa shape index (κ1) is 16.6. The fourth-order valence-corrected chi connectivity index (χ4v) is 2.82. The van der Waals surface area contributed by atoms with Gasteiger partial charge in [-0.1, -0.05) is 36.7 Å². The zero-order valence-electron chi connectivity index (χ0n) is 13.2. The molecule has 0 aliphatic carbocycles.